The number of allylic oxidation sites excluding steroid dienone is 1. The zero-order valence-electron chi connectivity index (χ0n) is 9.21. The Balaban J connectivity index is 3.63. The van der Waals surface area contributed by atoms with Crippen LogP contribution in [0.2, 0.25) is 0 Å². The minimum absolute atomic E-state index is 0.171. The van der Waals surface area contributed by atoms with Gasteiger partial charge in [0.2, 0.25) is 0 Å². The van der Waals surface area contributed by atoms with Crippen LogP contribution in [0.1, 0.15) is 46.0 Å². The van der Waals surface area contributed by atoms with Gasteiger partial charge in [-0.1, -0.05) is 26.8 Å². The predicted octanol–water partition coefficient (Wildman–Crippen LogP) is 2.92. The molecule has 1 atom stereocenters. The maximum atomic E-state index is 11.5. The standard InChI is InChI=1S/C12H20O2/c1-4-6-11(3)12(14)8-5-7-10(2)9-13/h9,11H,2,4-8H2,1,3H3. The number of Topliss-reactive ketones (excluding diaryl/α,β-unsaturated/α-hetero) is 1. The fourth-order valence-electron chi connectivity index (χ4n) is 1.39. The summed E-state index contributed by atoms with van der Waals surface area (Å²) in [4.78, 5) is 21.7. The Hall–Kier alpha value is -0.920. The van der Waals surface area contributed by atoms with Gasteiger partial charge in [0.25, 0.3) is 0 Å². The molecule has 0 N–H and O–H groups in total. The predicted molar refractivity (Wildman–Crippen MR) is 58.1 cm³/mol. The molecule has 0 aliphatic heterocycles. The van der Waals surface area contributed by atoms with Crippen LogP contribution in [-0.2, 0) is 9.59 Å². The molecule has 80 valence electrons. The van der Waals surface area contributed by atoms with Crippen molar-refractivity contribution in [2.24, 2.45) is 5.92 Å². The number of carbonyl (C=O) groups excluding carboxylic acids is 2. The molecule has 1 unspecified atom stereocenters. The molecule has 0 fully saturated rings. The van der Waals surface area contributed by atoms with Crippen LogP contribution in [0.3, 0.4) is 0 Å². The van der Waals surface area contributed by atoms with Crippen LogP contribution >= 0.6 is 0 Å². The summed E-state index contributed by atoms with van der Waals surface area (Å²) < 4.78 is 0. The van der Waals surface area contributed by atoms with Gasteiger partial charge in [0.1, 0.15) is 12.1 Å². The molecule has 0 radical (unpaired) electrons. The average molecular weight is 196 g/mol. The van der Waals surface area contributed by atoms with Crippen molar-refractivity contribution in [1.29, 1.82) is 0 Å². The summed E-state index contributed by atoms with van der Waals surface area (Å²) >= 11 is 0. The molecule has 0 aliphatic rings. The molecule has 2 nitrogen and oxygen atoms in total. The molecule has 0 amide bonds. The second-order valence-electron chi connectivity index (χ2n) is 3.79. The minimum Gasteiger partial charge on any atom is -0.299 e. The second-order valence-corrected chi connectivity index (χ2v) is 3.79. The Morgan fingerprint density at radius 1 is 1.43 bits per heavy atom. The highest BCUT2D eigenvalue weighted by Crippen LogP contribution is 2.12. The van der Waals surface area contributed by atoms with Gasteiger partial charge in [-0.25, -0.2) is 0 Å². The third-order valence-electron chi connectivity index (χ3n) is 2.36. The monoisotopic (exact) mass is 196 g/mol. The molecule has 0 aromatic carbocycles. The first kappa shape index (κ1) is 13.1. The van der Waals surface area contributed by atoms with E-state index in [4.69, 9.17) is 0 Å². The van der Waals surface area contributed by atoms with E-state index < -0.39 is 0 Å². The van der Waals surface area contributed by atoms with Crippen LogP contribution < -0.4 is 0 Å². The zero-order chi connectivity index (χ0) is 11.0. The third kappa shape index (κ3) is 5.68. The van der Waals surface area contributed by atoms with Crippen molar-refractivity contribution < 1.29 is 9.59 Å². The lowest BCUT2D eigenvalue weighted by atomic mass is 9.96. The van der Waals surface area contributed by atoms with Gasteiger partial charge in [0, 0.05) is 12.3 Å². The molecule has 0 aromatic rings. The third-order valence-corrected chi connectivity index (χ3v) is 2.36. The molecule has 0 spiro atoms. The molecule has 2 heteroatoms. The van der Waals surface area contributed by atoms with Crippen molar-refractivity contribution >= 4 is 12.1 Å². The average Bonchev–Trinajstić information content (AvgIpc) is 2.17. The summed E-state index contributed by atoms with van der Waals surface area (Å²) in [5.41, 5.74) is 0.584. The van der Waals surface area contributed by atoms with E-state index in [9.17, 15) is 9.59 Å². The quantitative estimate of drug-likeness (QED) is 0.442. The molecule has 0 bridgehead atoms. The Bertz CT molecular complexity index is 206. The molecule has 0 saturated heterocycles. The summed E-state index contributed by atoms with van der Waals surface area (Å²) in [6.07, 6.45) is 4.76. The van der Waals surface area contributed by atoms with Crippen LogP contribution in [0, 0.1) is 5.92 Å². The van der Waals surface area contributed by atoms with Gasteiger partial charge in [-0.2, -0.15) is 0 Å². The highest BCUT2D eigenvalue weighted by atomic mass is 16.1. The normalized spacial score (nSPS) is 12.1. The number of hydrogen-bond donors (Lipinski definition) is 0. The van der Waals surface area contributed by atoms with E-state index in [2.05, 4.69) is 13.5 Å². The highest BCUT2D eigenvalue weighted by molar-refractivity contribution is 5.80. The van der Waals surface area contributed by atoms with Crippen LogP contribution in [0.15, 0.2) is 12.2 Å². The fraction of sp³-hybridized carbons (Fsp3) is 0.667. The van der Waals surface area contributed by atoms with Crippen LogP contribution in [0.25, 0.3) is 0 Å². The molecular formula is C12H20O2. The topological polar surface area (TPSA) is 34.1 Å². The van der Waals surface area contributed by atoms with E-state index in [0.29, 0.717) is 24.2 Å². The number of carbonyl (C=O) groups is 2. The Morgan fingerprint density at radius 3 is 2.57 bits per heavy atom. The first-order valence-electron chi connectivity index (χ1n) is 5.27. The van der Waals surface area contributed by atoms with Crippen molar-refractivity contribution in [3.63, 3.8) is 0 Å². The van der Waals surface area contributed by atoms with Gasteiger partial charge < -0.3 is 0 Å². The lowest BCUT2D eigenvalue weighted by Crippen LogP contribution is -2.10. The van der Waals surface area contributed by atoms with Gasteiger partial charge in [-0.05, 0) is 24.8 Å². The SMILES string of the molecule is C=C(C=O)CCCC(=O)C(C)CCC. The van der Waals surface area contributed by atoms with Gasteiger partial charge in [0.05, 0.1) is 0 Å². The van der Waals surface area contributed by atoms with Crippen LogP contribution in [0.5, 0.6) is 0 Å². The van der Waals surface area contributed by atoms with Gasteiger partial charge in [-0.3, -0.25) is 9.59 Å². The summed E-state index contributed by atoms with van der Waals surface area (Å²) in [7, 11) is 0. The van der Waals surface area contributed by atoms with Gasteiger partial charge in [-0.15, -0.1) is 0 Å². The first-order chi connectivity index (χ1) is 6.61. The highest BCUT2D eigenvalue weighted by Gasteiger charge is 2.10. The summed E-state index contributed by atoms with van der Waals surface area (Å²) in [5.74, 6) is 0.482. The van der Waals surface area contributed by atoms with Crippen molar-refractivity contribution in [2.45, 2.75) is 46.0 Å². The van der Waals surface area contributed by atoms with Crippen molar-refractivity contribution in [2.75, 3.05) is 0 Å². The zero-order valence-corrected chi connectivity index (χ0v) is 9.21. The summed E-state index contributed by atoms with van der Waals surface area (Å²) in [5, 5.41) is 0. The largest absolute Gasteiger partial charge is 0.299 e. The number of hydrogen-bond acceptors (Lipinski definition) is 2. The van der Waals surface area contributed by atoms with Gasteiger partial charge >= 0.3 is 0 Å². The summed E-state index contributed by atoms with van der Waals surface area (Å²) in [6.45, 7) is 7.63. The van der Waals surface area contributed by atoms with E-state index in [-0.39, 0.29) is 5.92 Å². The lowest BCUT2D eigenvalue weighted by Gasteiger charge is -2.07. The molecule has 0 heterocycles. The minimum atomic E-state index is 0.171. The van der Waals surface area contributed by atoms with Crippen molar-refractivity contribution in [1.82, 2.24) is 0 Å². The summed E-state index contributed by atoms with van der Waals surface area (Å²) in [6, 6.07) is 0. The first-order valence-corrected chi connectivity index (χ1v) is 5.27. The maximum Gasteiger partial charge on any atom is 0.145 e. The van der Waals surface area contributed by atoms with E-state index in [1.54, 1.807) is 0 Å². The van der Waals surface area contributed by atoms with E-state index in [0.717, 1.165) is 25.5 Å². The molecule has 0 rings (SSSR count). The molecule has 0 aliphatic carbocycles. The van der Waals surface area contributed by atoms with Crippen LogP contribution in [0.4, 0.5) is 0 Å². The van der Waals surface area contributed by atoms with Crippen molar-refractivity contribution in [3.05, 3.63) is 12.2 Å². The van der Waals surface area contributed by atoms with E-state index in [1.807, 2.05) is 6.92 Å². The number of rotatable bonds is 8. The molecule has 14 heavy (non-hydrogen) atoms. The smallest absolute Gasteiger partial charge is 0.145 e. The Labute approximate surface area is 86.4 Å². The van der Waals surface area contributed by atoms with Gasteiger partial charge in [0.15, 0.2) is 0 Å². The van der Waals surface area contributed by atoms with E-state index in [1.165, 1.54) is 0 Å². The molecular weight excluding hydrogens is 176 g/mol. The Morgan fingerprint density at radius 2 is 2.07 bits per heavy atom. The molecule has 0 aromatic heterocycles. The number of aldehydes is 1. The maximum absolute atomic E-state index is 11.5. The van der Waals surface area contributed by atoms with Crippen LogP contribution in [-0.4, -0.2) is 12.1 Å². The number of ketones is 1. The molecule has 0 saturated carbocycles. The second kappa shape index (κ2) is 7.48. The van der Waals surface area contributed by atoms with Crippen molar-refractivity contribution in [3.8, 4) is 0 Å². The lowest BCUT2D eigenvalue weighted by molar-refractivity contribution is -0.122. The van der Waals surface area contributed by atoms with E-state index >= 15 is 0 Å². The Kier molecular flexibility index (Phi) is 6.99. The fourth-order valence-corrected chi connectivity index (χ4v) is 1.39.